The second kappa shape index (κ2) is 5.70. The molecule has 4 aromatic rings. The molecule has 0 spiro atoms. The highest BCUT2D eigenvalue weighted by molar-refractivity contribution is 6.07. The van der Waals surface area contributed by atoms with E-state index in [-0.39, 0.29) is 0 Å². The number of hydrogen-bond acceptors (Lipinski definition) is 5. The minimum atomic E-state index is 0.562. The molecule has 118 valence electrons. The predicted molar refractivity (Wildman–Crippen MR) is 95.2 cm³/mol. The SMILES string of the molecule is C/C(=N/O)c1cccc(Nc2c3ccccc3nc3occc23)c1. The van der Waals surface area contributed by atoms with E-state index < -0.39 is 0 Å². The van der Waals surface area contributed by atoms with Crippen molar-refractivity contribution in [2.45, 2.75) is 6.92 Å². The van der Waals surface area contributed by atoms with Gasteiger partial charge >= 0.3 is 0 Å². The van der Waals surface area contributed by atoms with Gasteiger partial charge in [-0.2, -0.15) is 0 Å². The van der Waals surface area contributed by atoms with Crippen LogP contribution < -0.4 is 5.32 Å². The summed E-state index contributed by atoms with van der Waals surface area (Å²) < 4.78 is 5.48. The molecule has 24 heavy (non-hydrogen) atoms. The molecule has 0 amide bonds. The topological polar surface area (TPSA) is 70.7 Å². The molecule has 4 rings (SSSR count). The summed E-state index contributed by atoms with van der Waals surface area (Å²) in [6.07, 6.45) is 1.64. The third-order valence-corrected chi connectivity index (χ3v) is 4.01. The van der Waals surface area contributed by atoms with Gasteiger partial charge in [0.2, 0.25) is 5.71 Å². The molecule has 0 saturated carbocycles. The number of oxime groups is 1. The molecule has 0 fully saturated rings. The average Bonchev–Trinajstić information content (AvgIpc) is 3.09. The van der Waals surface area contributed by atoms with Crippen molar-refractivity contribution < 1.29 is 9.62 Å². The van der Waals surface area contributed by atoms with Gasteiger partial charge < -0.3 is 14.9 Å². The lowest BCUT2D eigenvalue weighted by molar-refractivity contribution is 0.319. The van der Waals surface area contributed by atoms with Crippen molar-refractivity contribution in [3.05, 3.63) is 66.4 Å². The van der Waals surface area contributed by atoms with Gasteiger partial charge in [0.25, 0.3) is 0 Å². The average molecular weight is 317 g/mol. The van der Waals surface area contributed by atoms with Crippen LogP contribution in [0.5, 0.6) is 0 Å². The van der Waals surface area contributed by atoms with Crippen molar-refractivity contribution >= 4 is 39.1 Å². The Balaban J connectivity index is 1.88. The number of nitrogens with one attached hydrogen (secondary N) is 1. The molecular weight excluding hydrogens is 302 g/mol. The number of aromatic nitrogens is 1. The van der Waals surface area contributed by atoms with Crippen molar-refractivity contribution in [3.63, 3.8) is 0 Å². The van der Waals surface area contributed by atoms with Gasteiger partial charge in [-0.05, 0) is 31.2 Å². The maximum absolute atomic E-state index is 8.97. The minimum absolute atomic E-state index is 0.562. The molecular formula is C19H15N3O2. The van der Waals surface area contributed by atoms with E-state index in [0.29, 0.717) is 11.4 Å². The fraction of sp³-hybridized carbons (Fsp3) is 0.0526. The standard InChI is InChI=1S/C19H15N3O2/c1-12(22-23)13-5-4-6-14(11-13)20-18-15-7-2-3-8-17(15)21-19-16(18)9-10-24-19/h2-11,23H,1H3,(H,20,21)/b22-12-. The monoisotopic (exact) mass is 317 g/mol. The Labute approximate surface area is 138 Å². The van der Waals surface area contributed by atoms with Crippen LogP contribution in [-0.2, 0) is 0 Å². The maximum atomic E-state index is 8.97. The first-order chi connectivity index (χ1) is 11.8. The van der Waals surface area contributed by atoms with Gasteiger partial charge in [0, 0.05) is 16.6 Å². The van der Waals surface area contributed by atoms with E-state index in [1.807, 2.05) is 54.6 Å². The Morgan fingerprint density at radius 2 is 1.96 bits per heavy atom. The van der Waals surface area contributed by atoms with Gasteiger partial charge in [-0.3, -0.25) is 0 Å². The lowest BCUT2D eigenvalue weighted by Crippen LogP contribution is -1.98. The zero-order valence-electron chi connectivity index (χ0n) is 13.0. The molecule has 0 aliphatic rings. The predicted octanol–water partition coefficient (Wildman–Crippen LogP) is 4.92. The van der Waals surface area contributed by atoms with E-state index in [1.54, 1.807) is 13.2 Å². The second-order valence-corrected chi connectivity index (χ2v) is 5.53. The normalized spacial score (nSPS) is 12.0. The van der Waals surface area contributed by atoms with Crippen LogP contribution in [0.3, 0.4) is 0 Å². The molecule has 2 heterocycles. The first-order valence-electron chi connectivity index (χ1n) is 7.58. The number of rotatable bonds is 3. The molecule has 2 N–H and O–H groups in total. The molecule has 0 unspecified atom stereocenters. The summed E-state index contributed by atoms with van der Waals surface area (Å²) in [7, 11) is 0. The number of furan rings is 1. The lowest BCUT2D eigenvalue weighted by Gasteiger charge is -2.12. The molecule has 0 aliphatic carbocycles. The third kappa shape index (κ3) is 2.36. The Kier molecular flexibility index (Phi) is 3.39. The maximum Gasteiger partial charge on any atom is 0.228 e. The lowest BCUT2D eigenvalue weighted by atomic mass is 10.1. The van der Waals surface area contributed by atoms with Gasteiger partial charge in [-0.25, -0.2) is 4.98 Å². The summed E-state index contributed by atoms with van der Waals surface area (Å²) in [4.78, 5) is 4.54. The van der Waals surface area contributed by atoms with Crippen molar-refractivity contribution in [1.29, 1.82) is 0 Å². The number of nitrogens with zero attached hydrogens (tertiary/aromatic N) is 2. The van der Waals surface area contributed by atoms with Crippen molar-refractivity contribution in [1.82, 2.24) is 4.98 Å². The van der Waals surface area contributed by atoms with Crippen LogP contribution in [0.1, 0.15) is 12.5 Å². The van der Waals surface area contributed by atoms with Gasteiger partial charge in [-0.1, -0.05) is 35.5 Å². The molecule has 0 saturated heterocycles. The van der Waals surface area contributed by atoms with Crippen LogP contribution in [0.4, 0.5) is 11.4 Å². The van der Waals surface area contributed by atoms with E-state index in [0.717, 1.165) is 33.2 Å². The number of hydrogen-bond donors (Lipinski definition) is 2. The van der Waals surface area contributed by atoms with Crippen molar-refractivity contribution in [2.75, 3.05) is 5.32 Å². The van der Waals surface area contributed by atoms with Crippen LogP contribution in [0.15, 0.2) is 70.4 Å². The summed E-state index contributed by atoms with van der Waals surface area (Å²) in [6, 6.07) is 17.6. The van der Waals surface area contributed by atoms with Crippen molar-refractivity contribution in [2.24, 2.45) is 5.16 Å². The molecule has 5 heteroatoms. The second-order valence-electron chi connectivity index (χ2n) is 5.53. The van der Waals surface area contributed by atoms with Crippen LogP contribution in [0, 0.1) is 0 Å². The highest BCUT2D eigenvalue weighted by atomic mass is 16.4. The van der Waals surface area contributed by atoms with Crippen LogP contribution in [0.2, 0.25) is 0 Å². The smallest absolute Gasteiger partial charge is 0.228 e. The van der Waals surface area contributed by atoms with Gasteiger partial charge in [0.1, 0.15) is 0 Å². The Morgan fingerprint density at radius 3 is 2.83 bits per heavy atom. The number of anilines is 2. The molecule has 0 aliphatic heterocycles. The first kappa shape index (κ1) is 14.3. The number of benzene rings is 2. The summed E-state index contributed by atoms with van der Waals surface area (Å²) in [5.74, 6) is 0. The van der Waals surface area contributed by atoms with E-state index in [9.17, 15) is 0 Å². The van der Waals surface area contributed by atoms with Gasteiger partial charge in [0.05, 0.1) is 28.6 Å². The molecule has 2 aromatic heterocycles. The zero-order valence-corrected chi connectivity index (χ0v) is 13.0. The Morgan fingerprint density at radius 1 is 1.08 bits per heavy atom. The van der Waals surface area contributed by atoms with Crippen LogP contribution >= 0.6 is 0 Å². The molecule has 5 nitrogen and oxygen atoms in total. The fourth-order valence-electron chi connectivity index (χ4n) is 2.77. The van der Waals surface area contributed by atoms with Gasteiger partial charge in [0.15, 0.2) is 0 Å². The van der Waals surface area contributed by atoms with Crippen LogP contribution in [0.25, 0.3) is 22.0 Å². The van der Waals surface area contributed by atoms with E-state index in [4.69, 9.17) is 9.62 Å². The summed E-state index contributed by atoms with van der Waals surface area (Å²) in [5.41, 5.74) is 4.72. The fourth-order valence-corrected chi connectivity index (χ4v) is 2.77. The minimum Gasteiger partial charge on any atom is -0.446 e. The molecule has 0 atom stereocenters. The number of fused-ring (bicyclic) bond motifs is 2. The number of para-hydroxylation sites is 1. The summed E-state index contributed by atoms with van der Waals surface area (Å²) in [6.45, 7) is 1.76. The number of pyridine rings is 1. The molecule has 0 radical (unpaired) electrons. The van der Waals surface area contributed by atoms with Crippen LogP contribution in [-0.4, -0.2) is 15.9 Å². The van der Waals surface area contributed by atoms with Crippen molar-refractivity contribution in [3.8, 4) is 0 Å². The Bertz CT molecular complexity index is 1070. The largest absolute Gasteiger partial charge is 0.446 e. The highest BCUT2D eigenvalue weighted by Crippen LogP contribution is 2.33. The first-order valence-corrected chi connectivity index (χ1v) is 7.58. The van der Waals surface area contributed by atoms with E-state index in [2.05, 4.69) is 15.5 Å². The van der Waals surface area contributed by atoms with E-state index >= 15 is 0 Å². The highest BCUT2D eigenvalue weighted by Gasteiger charge is 2.11. The van der Waals surface area contributed by atoms with Gasteiger partial charge in [-0.15, -0.1) is 0 Å². The molecule has 2 aromatic carbocycles. The molecule has 0 bridgehead atoms. The summed E-state index contributed by atoms with van der Waals surface area (Å²) >= 11 is 0. The van der Waals surface area contributed by atoms with E-state index in [1.165, 1.54) is 0 Å². The summed E-state index contributed by atoms with van der Waals surface area (Å²) in [5, 5.41) is 17.6. The quantitative estimate of drug-likeness (QED) is 0.319. The third-order valence-electron chi connectivity index (χ3n) is 4.01. The zero-order chi connectivity index (χ0) is 16.5. The Hall–Kier alpha value is -3.34.